The average molecular weight is 547 g/mol. The van der Waals surface area contributed by atoms with E-state index in [4.69, 9.17) is 4.18 Å². The number of hydrogen-bond acceptors (Lipinski definition) is 8. The Labute approximate surface area is 204 Å². The molecule has 170 valence electrons. The number of aryl methyl sites for hydroxylation is 1. The molecule has 0 saturated heterocycles. The molecule has 0 fully saturated rings. The zero-order valence-electron chi connectivity index (χ0n) is 17.9. The maximum Gasteiger partial charge on any atom is 0.339 e. The molecule has 2 aromatic carbocycles. The Kier molecular flexibility index (Phi) is 7.63. The monoisotopic (exact) mass is 546 g/mol. The number of hydrogen-bond donors (Lipinski definition) is 1. The molecule has 1 N–H and O–H groups in total. The minimum atomic E-state index is -4.13. The van der Waals surface area contributed by atoms with Crippen molar-refractivity contribution in [3.8, 4) is 11.8 Å². The third kappa shape index (κ3) is 6.25. The average Bonchev–Trinajstić information content (AvgIpc) is 3.22. The van der Waals surface area contributed by atoms with E-state index in [-0.39, 0.29) is 32.8 Å². The highest BCUT2D eigenvalue weighted by atomic mass is 79.9. The Morgan fingerprint density at radius 2 is 1.91 bits per heavy atom. The Morgan fingerprint density at radius 1 is 1.21 bits per heavy atom. The first-order valence-corrected chi connectivity index (χ1v) is 12.7. The number of nitriles is 1. The smallest absolute Gasteiger partial charge is 0.339 e. The summed E-state index contributed by atoms with van der Waals surface area (Å²) >= 11 is 4.53. The number of benzene rings is 2. The summed E-state index contributed by atoms with van der Waals surface area (Å²) < 4.78 is 31.4. The van der Waals surface area contributed by atoms with Crippen LogP contribution in [0.15, 0.2) is 57.4 Å². The lowest BCUT2D eigenvalue weighted by Crippen LogP contribution is -2.14. The van der Waals surface area contributed by atoms with E-state index < -0.39 is 16.0 Å². The second-order valence-electron chi connectivity index (χ2n) is 7.26. The number of nitrogens with zero attached hydrogens (tertiary/aromatic N) is 3. The van der Waals surface area contributed by atoms with Crippen molar-refractivity contribution < 1.29 is 17.4 Å². The van der Waals surface area contributed by atoms with E-state index in [1.54, 1.807) is 24.3 Å². The van der Waals surface area contributed by atoms with Crippen LogP contribution in [0.2, 0.25) is 0 Å². The van der Waals surface area contributed by atoms with E-state index in [2.05, 4.69) is 31.4 Å². The molecule has 0 aliphatic rings. The molecule has 8 nitrogen and oxygen atoms in total. The number of anilines is 1. The van der Waals surface area contributed by atoms with Gasteiger partial charge in [-0.1, -0.05) is 58.8 Å². The molecular weight excluding hydrogens is 528 g/mol. The molecule has 33 heavy (non-hydrogen) atoms. The predicted octanol–water partition coefficient (Wildman–Crippen LogP) is 5.05. The summed E-state index contributed by atoms with van der Waals surface area (Å²) in [5.41, 5.74) is 0.876. The van der Waals surface area contributed by atoms with Crippen LogP contribution in [0.5, 0.6) is 5.75 Å². The largest absolute Gasteiger partial charge is 0.378 e. The van der Waals surface area contributed by atoms with E-state index in [1.807, 2.05) is 26.8 Å². The molecule has 0 unspecified atom stereocenters. The predicted molar refractivity (Wildman–Crippen MR) is 129 cm³/mol. The number of halogens is 1. The van der Waals surface area contributed by atoms with Gasteiger partial charge in [0, 0.05) is 16.0 Å². The van der Waals surface area contributed by atoms with Gasteiger partial charge in [-0.05, 0) is 43.3 Å². The minimum Gasteiger partial charge on any atom is -0.378 e. The third-order valence-corrected chi connectivity index (χ3v) is 7.18. The molecule has 0 spiro atoms. The fourth-order valence-electron chi connectivity index (χ4n) is 2.57. The second-order valence-corrected chi connectivity index (χ2v) is 10.7. The van der Waals surface area contributed by atoms with Gasteiger partial charge in [0.2, 0.25) is 5.13 Å². The van der Waals surface area contributed by atoms with Crippen LogP contribution in [0.25, 0.3) is 6.08 Å². The highest BCUT2D eigenvalue weighted by Crippen LogP contribution is 2.29. The van der Waals surface area contributed by atoms with Crippen LogP contribution in [0, 0.1) is 18.3 Å². The molecule has 1 heterocycles. The lowest BCUT2D eigenvalue weighted by molar-refractivity contribution is -0.112. The normalized spacial score (nSPS) is 11.8. The summed E-state index contributed by atoms with van der Waals surface area (Å²) in [6.45, 7) is 5.74. The van der Waals surface area contributed by atoms with E-state index in [0.717, 1.165) is 10.6 Å². The highest BCUT2D eigenvalue weighted by molar-refractivity contribution is 9.10. The van der Waals surface area contributed by atoms with E-state index >= 15 is 0 Å². The van der Waals surface area contributed by atoms with E-state index in [0.29, 0.717) is 4.47 Å². The number of amides is 1. The maximum atomic E-state index is 12.7. The lowest BCUT2D eigenvalue weighted by atomic mass is 10.1. The summed E-state index contributed by atoms with van der Waals surface area (Å²) in [5.74, 6) is -0.579. The third-order valence-electron chi connectivity index (χ3n) is 4.30. The first-order valence-electron chi connectivity index (χ1n) is 9.66. The van der Waals surface area contributed by atoms with Gasteiger partial charge < -0.3 is 4.18 Å². The van der Waals surface area contributed by atoms with Gasteiger partial charge in [-0.25, -0.2) is 0 Å². The second kappa shape index (κ2) is 10.2. The fourth-order valence-corrected chi connectivity index (χ4v) is 4.64. The van der Waals surface area contributed by atoms with Crippen molar-refractivity contribution in [1.82, 2.24) is 10.2 Å². The zero-order valence-corrected chi connectivity index (χ0v) is 21.1. The standard InChI is InChI=1S/C22H19BrN4O4S2/c1-13(2)21-26-27-22(32-21)25-20(28)16(12-24)10-15-11-17(23)6-9-19(15)31-33(29,30)18-7-4-14(3)5-8-18/h4-11,13H,1-3H3,(H,25,27,28). The minimum absolute atomic E-state index is 0.0126. The Balaban J connectivity index is 1.91. The summed E-state index contributed by atoms with van der Waals surface area (Å²) in [4.78, 5) is 12.6. The number of aromatic nitrogens is 2. The van der Waals surface area contributed by atoms with Crippen molar-refractivity contribution in [2.24, 2.45) is 0 Å². The highest BCUT2D eigenvalue weighted by Gasteiger charge is 2.20. The van der Waals surface area contributed by atoms with Crippen LogP contribution in [0.1, 0.15) is 35.9 Å². The number of carbonyl (C=O) groups excluding carboxylic acids is 1. The van der Waals surface area contributed by atoms with Crippen LogP contribution < -0.4 is 9.50 Å². The molecule has 3 rings (SSSR count). The van der Waals surface area contributed by atoms with Crippen molar-refractivity contribution in [2.45, 2.75) is 31.6 Å². The van der Waals surface area contributed by atoms with Crippen molar-refractivity contribution in [1.29, 1.82) is 5.26 Å². The summed E-state index contributed by atoms with van der Waals surface area (Å²) in [5, 5.41) is 21.0. The summed E-state index contributed by atoms with van der Waals surface area (Å²) in [6, 6.07) is 12.6. The van der Waals surface area contributed by atoms with Crippen LogP contribution in [0.4, 0.5) is 5.13 Å². The van der Waals surface area contributed by atoms with Gasteiger partial charge in [0.25, 0.3) is 5.91 Å². The van der Waals surface area contributed by atoms with Gasteiger partial charge in [-0.15, -0.1) is 10.2 Å². The van der Waals surface area contributed by atoms with Crippen LogP contribution in [-0.4, -0.2) is 24.5 Å². The molecular formula is C22H19BrN4O4S2. The van der Waals surface area contributed by atoms with Gasteiger partial charge in [-0.2, -0.15) is 13.7 Å². The Hall–Kier alpha value is -3.07. The van der Waals surface area contributed by atoms with Crippen molar-refractivity contribution >= 4 is 54.5 Å². The molecule has 0 radical (unpaired) electrons. The summed E-state index contributed by atoms with van der Waals surface area (Å²) in [7, 11) is -4.13. The first-order chi connectivity index (χ1) is 15.6. The molecule has 0 aliphatic carbocycles. The van der Waals surface area contributed by atoms with Gasteiger partial charge >= 0.3 is 10.1 Å². The lowest BCUT2D eigenvalue weighted by Gasteiger charge is -2.11. The number of carbonyl (C=O) groups is 1. The number of nitrogens with one attached hydrogen (secondary N) is 1. The number of rotatable bonds is 7. The van der Waals surface area contributed by atoms with Gasteiger partial charge in [0.15, 0.2) is 0 Å². The van der Waals surface area contributed by atoms with Gasteiger partial charge in [0.1, 0.15) is 27.3 Å². The molecule has 11 heteroatoms. The van der Waals surface area contributed by atoms with E-state index in [1.165, 1.54) is 35.6 Å². The molecule has 1 aromatic heterocycles. The topological polar surface area (TPSA) is 122 Å². The molecule has 0 aliphatic heterocycles. The Morgan fingerprint density at radius 3 is 2.52 bits per heavy atom. The molecule has 1 amide bonds. The van der Waals surface area contributed by atoms with Crippen molar-refractivity contribution in [3.05, 3.63) is 68.6 Å². The van der Waals surface area contributed by atoms with Crippen molar-refractivity contribution in [2.75, 3.05) is 5.32 Å². The van der Waals surface area contributed by atoms with Crippen LogP contribution >= 0.6 is 27.3 Å². The van der Waals surface area contributed by atoms with Gasteiger partial charge in [-0.3, -0.25) is 10.1 Å². The maximum absolute atomic E-state index is 12.7. The molecule has 3 aromatic rings. The zero-order chi connectivity index (χ0) is 24.2. The van der Waals surface area contributed by atoms with Gasteiger partial charge in [0.05, 0.1) is 0 Å². The SMILES string of the molecule is Cc1ccc(S(=O)(=O)Oc2ccc(Br)cc2C=C(C#N)C(=O)Nc2nnc(C(C)C)s2)cc1. The van der Waals surface area contributed by atoms with E-state index in [9.17, 15) is 18.5 Å². The molecule has 0 atom stereocenters. The summed E-state index contributed by atoms with van der Waals surface area (Å²) in [6.07, 6.45) is 1.25. The molecule has 0 bridgehead atoms. The molecule has 0 saturated carbocycles. The fraction of sp³-hybridized carbons (Fsp3) is 0.182. The van der Waals surface area contributed by atoms with Crippen molar-refractivity contribution in [3.63, 3.8) is 0 Å². The Bertz CT molecular complexity index is 1360. The van der Waals surface area contributed by atoms with Crippen LogP contribution in [0.3, 0.4) is 0 Å². The quantitative estimate of drug-likeness (QED) is 0.250. The first kappa shape index (κ1) is 24.6. The van der Waals surface area contributed by atoms with Crippen LogP contribution in [-0.2, 0) is 14.9 Å².